The predicted molar refractivity (Wildman–Crippen MR) is 138 cm³/mol. The number of hydrogen-bond acceptors (Lipinski definition) is 9. The fourth-order valence-corrected chi connectivity index (χ4v) is 5.58. The van der Waals surface area contributed by atoms with E-state index in [-0.39, 0.29) is 5.95 Å². The molecule has 1 aliphatic carbocycles. The largest absolute Gasteiger partial charge is 0.370 e. The second-order valence-electron chi connectivity index (χ2n) is 10.1. The molecule has 3 fully saturated rings. The number of benzene rings is 1. The predicted octanol–water partition coefficient (Wildman–Crippen LogP) is 3.76. The monoisotopic (exact) mass is 502 g/mol. The van der Waals surface area contributed by atoms with Gasteiger partial charge in [-0.2, -0.15) is 20.0 Å². The van der Waals surface area contributed by atoms with Crippen LogP contribution in [0.15, 0.2) is 18.3 Å². The first kappa shape index (κ1) is 22.8. The van der Waals surface area contributed by atoms with Gasteiger partial charge < -0.3 is 20.4 Å². The van der Waals surface area contributed by atoms with Crippen molar-refractivity contribution >= 4 is 40.4 Å². The van der Waals surface area contributed by atoms with Gasteiger partial charge in [-0.3, -0.25) is 0 Å². The Morgan fingerprint density at radius 3 is 2.61 bits per heavy atom. The molecular weight excluding hydrogens is 476 g/mol. The number of imidazole rings is 1. The number of piperidine rings is 1. The molecule has 6 rings (SSSR count). The van der Waals surface area contributed by atoms with Crippen molar-refractivity contribution in [2.24, 2.45) is 5.41 Å². The average Bonchev–Trinajstić information content (AvgIpc) is 3.59. The molecule has 11 heteroatoms. The molecule has 2 saturated heterocycles. The Balaban J connectivity index is 1.30. The zero-order valence-corrected chi connectivity index (χ0v) is 20.9. The third-order valence-corrected chi connectivity index (χ3v) is 7.95. The van der Waals surface area contributed by atoms with Gasteiger partial charge in [-0.05, 0) is 49.8 Å². The quantitative estimate of drug-likeness (QED) is 0.518. The van der Waals surface area contributed by atoms with Crippen molar-refractivity contribution in [1.29, 1.82) is 10.5 Å². The molecule has 184 valence electrons. The van der Waals surface area contributed by atoms with E-state index in [2.05, 4.69) is 54.6 Å². The number of anilines is 4. The maximum Gasteiger partial charge on any atom is 0.247 e. The number of likely N-dealkylation sites (tertiary alicyclic amines) is 1. The van der Waals surface area contributed by atoms with Gasteiger partial charge >= 0.3 is 0 Å². The Morgan fingerprint density at radius 2 is 1.94 bits per heavy atom. The maximum absolute atomic E-state index is 9.73. The highest BCUT2D eigenvalue weighted by molar-refractivity contribution is 6.36. The van der Waals surface area contributed by atoms with E-state index < -0.39 is 0 Å². The van der Waals surface area contributed by atoms with Gasteiger partial charge in [0.2, 0.25) is 5.95 Å². The lowest BCUT2D eigenvalue weighted by atomic mass is 9.72. The summed E-state index contributed by atoms with van der Waals surface area (Å²) >= 11 is 6.91. The van der Waals surface area contributed by atoms with Crippen molar-refractivity contribution < 1.29 is 0 Å². The molecule has 3 aromatic rings. The van der Waals surface area contributed by atoms with Gasteiger partial charge in [-0.25, -0.2) is 4.98 Å². The third kappa shape index (κ3) is 4.06. The Bertz CT molecular complexity index is 1400. The smallest absolute Gasteiger partial charge is 0.247 e. The summed E-state index contributed by atoms with van der Waals surface area (Å²) in [6.45, 7) is 7.48. The molecule has 1 spiro atoms. The zero-order chi connectivity index (χ0) is 24.9. The van der Waals surface area contributed by atoms with Crippen LogP contribution in [-0.2, 0) is 0 Å². The van der Waals surface area contributed by atoms with E-state index in [0.717, 1.165) is 51.0 Å². The van der Waals surface area contributed by atoms with Crippen LogP contribution in [0.25, 0.3) is 5.65 Å². The maximum atomic E-state index is 9.73. The van der Waals surface area contributed by atoms with Gasteiger partial charge in [0.05, 0.1) is 34.2 Å². The van der Waals surface area contributed by atoms with Crippen LogP contribution in [0, 0.1) is 28.1 Å². The molecule has 4 heterocycles. The van der Waals surface area contributed by atoms with Crippen LogP contribution in [0.5, 0.6) is 0 Å². The highest BCUT2D eigenvalue weighted by Gasteiger charge is 2.44. The Kier molecular flexibility index (Phi) is 5.59. The molecule has 36 heavy (non-hydrogen) atoms. The first-order chi connectivity index (χ1) is 17.5. The number of halogens is 1. The lowest BCUT2D eigenvalue weighted by Crippen LogP contribution is -2.60. The fourth-order valence-electron chi connectivity index (χ4n) is 5.31. The summed E-state index contributed by atoms with van der Waals surface area (Å²) in [6, 6.07) is 8.29. The van der Waals surface area contributed by atoms with Gasteiger partial charge in [0, 0.05) is 32.2 Å². The second kappa shape index (κ2) is 8.81. The van der Waals surface area contributed by atoms with Crippen molar-refractivity contribution in [3.63, 3.8) is 0 Å². The van der Waals surface area contributed by atoms with E-state index in [0.29, 0.717) is 44.9 Å². The fraction of sp³-hybridized carbons (Fsp3) is 0.480. The van der Waals surface area contributed by atoms with Crippen LogP contribution in [0.2, 0.25) is 5.02 Å². The molecule has 2 aliphatic heterocycles. The van der Waals surface area contributed by atoms with Crippen LogP contribution >= 0.6 is 11.6 Å². The Morgan fingerprint density at radius 1 is 1.17 bits per heavy atom. The molecule has 1 saturated carbocycles. The van der Waals surface area contributed by atoms with Crippen LogP contribution in [-0.4, -0.2) is 63.2 Å². The molecular formula is C25H27ClN10. The van der Waals surface area contributed by atoms with Crippen LogP contribution < -0.4 is 15.5 Å². The number of nitriles is 2. The molecule has 0 amide bonds. The molecule has 2 aromatic heterocycles. The number of hydrogen-bond donors (Lipinski definition) is 2. The van der Waals surface area contributed by atoms with E-state index in [1.54, 1.807) is 6.07 Å². The van der Waals surface area contributed by atoms with Gasteiger partial charge in [0.15, 0.2) is 17.2 Å². The lowest BCUT2D eigenvalue weighted by Gasteiger charge is -2.54. The minimum Gasteiger partial charge on any atom is -0.370 e. The average molecular weight is 503 g/mol. The number of aromatic nitrogens is 4. The zero-order valence-electron chi connectivity index (χ0n) is 20.1. The summed E-state index contributed by atoms with van der Waals surface area (Å²) in [6.07, 6.45) is 5.85. The minimum absolute atomic E-state index is 0.273. The molecule has 3 aliphatic rings. The van der Waals surface area contributed by atoms with E-state index >= 15 is 0 Å². The van der Waals surface area contributed by atoms with Crippen LogP contribution in [0.3, 0.4) is 0 Å². The molecule has 10 nitrogen and oxygen atoms in total. The lowest BCUT2D eigenvalue weighted by molar-refractivity contribution is -0.0143. The summed E-state index contributed by atoms with van der Waals surface area (Å²) in [5, 5.41) is 30.8. The second-order valence-corrected chi connectivity index (χ2v) is 10.5. The summed E-state index contributed by atoms with van der Waals surface area (Å²) in [5.41, 5.74) is 3.15. The number of nitrogens with one attached hydrogen (secondary N) is 2. The van der Waals surface area contributed by atoms with Crippen molar-refractivity contribution in [2.75, 3.05) is 48.3 Å². The third-order valence-electron chi connectivity index (χ3n) is 7.55. The van der Waals surface area contributed by atoms with Crippen molar-refractivity contribution in [3.05, 3.63) is 34.6 Å². The van der Waals surface area contributed by atoms with Gasteiger partial charge in [-0.15, -0.1) is 5.10 Å². The SMILES string of the molecule is CCN1CC2(CCN(c3cc(C#N)cc(Nc4nc(NC5CC5)c5ncc(C#N)n5n4)c3Cl)CC2)C1. The topological polar surface area (TPSA) is 121 Å². The molecule has 0 radical (unpaired) electrons. The Labute approximate surface area is 214 Å². The molecule has 1 aromatic carbocycles. The van der Waals surface area contributed by atoms with Gasteiger partial charge in [0.1, 0.15) is 6.07 Å². The number of nitrogens with zero attached hydrogens (tertiary/aromatic N) is 8. The molecule has 0 bridgehead atoms. The first-order valence-corrected chi connectivity index (χ1v) is 12.8. The minimum atomic E-state index is 0.273. The van der Waals surface area contributed by atoms with E-state index in [4.69, 9.17) is 11.6 Å². The van der Waals surface area contributed by atoms with Crippen LogP contribution in [0.1, 0.15) is 43.9 Å². The Hall–Kier alpha value is -3.60. The summed E-state index contributed by atoms with van der Waals surface area (Å²) in [5.74, 6) is 0.835. The number of fused-ring (bicyclic) bond motifs is 1. The van der Waals surface area contributed by atoms with Gasteiger partial charge in [0.25, 0.3) is 0 Å². The van der Waals surface area contributed by atoms with Gasteiger partial charge in [-0.1, -0.05) is 18.5 Å². The molecule has 0 atom stereocenters. The van der Waals surface area contributed by atoms with E-state index in [1.807, 2.05) is 6.07 Å². The van der Waals surface area contributed by atoms with Crippen molar-refractivity contribution in [3.8, 4) is 12.1 Å². The molecule has 0 unspecified atom stereocenters. The summed E-state index contributed by atoms with van der Waals surface area (Å²) < 4.78 is 1.48. The van der Waals surface area contributed by atoms with Crippen LogP contribution in [0.4, 0.5) is 23.1 Å². The highest BCUT2D eigenvalue weighted by Crippen LogP contribution is 2.43. The summed E-state index contributed by atoms with van der Waals surface area (Å²) in [4.78, 5) is 13.7. The van der Waals surface area contributed by atoms with Crippen molar-refractivity contribution in [2.45, 2.75) is 38.6 Å². The number of rotatable bonds is 6. The highest BCUT2D eigenvalue weighted by atomic mass is 35.5. The van der Waals surface area contributed by atoms with Crippen molar-refractivity contribution in [1.82, 2.24) is 24.5 Å². The summed E-state index contributed by atoms with van der Waals surface area (Å²) in [7, 11) is 0. The van der Waals surface area contributed by atoms with E-state index in [1.165, 1.54) is 23.8 Å². The van der Waals surface area contributed by atoms with E-state index in [9.17, 15) is 10.5 Å². The normalized spacial score (nSPS) is 19.1. The standard InChI is InChI=1S/C25H27ClN10/c1-2-34-14-25(15-34)5-7-35(8-6-25)20-10-16(11-27)9-19(21(20)26)31-24-32-22(30-17-3-4-17)23-29-13-18(12-28)36(23)33-24/h9-10,13,17H,2-8,14-15H2,1H3,(H2,30,31,32,33). The first-order valence-electron chi connectivity index (χ1n) is 12.4. The molecule has 2 N–H and O–H groups in total.